The Morgan fingerprint density at radius 2 is 2.56 bits per heavy atom. The Labute approximate surface area is 51.7 Å². The lowest BCUT2D eigenvalue weighted by molar-refractivity contribution is -0.115. The summed E-state index contributed by atoms with van der Waals surface area (Å²) in [5.74, 6) is 0.768. The average Bonchev–Trinajstić information content (AvgIpc) is 2.22. The van der Waals surface area contributed by atoms with Crippen LogP contribution in [0.1, 0.15) is 5.76 Å². The fourth-order valence-corrected chi connectivity index (χ4v) is 0.929. The van der Waals surface area contributed by atoms with Crippen LogP contribution in [-0.2, 0) is 11.2 Å². The van der Waals surface area contributed by atoms with E-state index in [4.69, 9.17) is 4.42 Å². The van der Waals surface area contributed by atoms with Gasteiger partial charge in [-0.05, 0) is 0 Å². The highest BCUT2D eigenvalue weighted by molar-refractivity contribution is 5.98. The molecule has 0 spiro atoms. The number of carbonyl (C=O) groups excluding carboxylic acids is 1. The van der Waals surface area contributed by atoms with Crippen LogP contribution in [0.3, 0.4) is 0 Å². The minimum atomic E-state index is 0.0179. The van der Waals surface area contributed by atoms with Crippen LogP contribution >= 0.6 is 0 Å². The van der Waals surface area contributed by atoms with Gasteiger partial charge in [-0.2, -0.15) is 0 Å². The summed E-state index contributed by atoms with van der Waals surface area (Å²) in [6, 6.07) is 1.75. The van der Waals surface area contributed by atoms with Gasteiger partial charge in [0.1, 0.15) is 5.76 Å². The molecule has 1 N–H and O–H groups in total. The number of rotatable bonds is 0. The topological polar surface area (TPSA) is 42.2 Å². The Morgan fingerprint density at radius 1 is 1.67 bits per heavy atom. The van der Waals surface area contributed by atoms with Crippen LogP contribution in [0.25, 0.3) is 0 Å². The van der Waals surface area contributed by atoms with Crippen LogP contribution in [0.2, 0.25) is 0 Å². The maximum Gasteiger partial charge on any atom is 0.232 e. The molecule has 0 saturated carbocycles. The molecule has 9 heavy (non-hydrogen) atoms. The summed E-state index contributed by atoms with van der Waals surface area (Å²) in [6.07, 6.45) is 1.96. The molecule has 0 bridgehead atoms. The lowest BCUT2D eigenvalue weighted by Gasteiger charge is -1.84. The molecule has 3 heteroatoms. The molecule has 1 aliphatic heterocycles. The van der Waals surface area contributed by atoms with Crippen LogP contribution in [0.4, 0.5) is 5.69 Å². The van der Waals surface area contributed by atoms with Gasteiger partial charge < -0.3 is 9.73 Å². The zero-order chi connectivity index (χ0) is 6.27. The second-order valence-corrected chi connectivity index (χ2v) is 1.98. The number of anilines is 1. The Bertz CT molecular complexity index is 229. The second kappa shape index (κ2) is 1.37. The Balaban J connectivity index is 2.49. The highest BCUT2D eigenvalue weighted by Gasteiger charge is 2.19. The molecular formula is C6H5NO2. The zero-order valence-electron chi connectivity index (χ0n) is 4.68. The van der Waals surface area contributed by atoms with E-state index < -0.39 is 0 Å². The summed E-state index contributed by atoms with van der Waals surface area (Å²) in [6.45, 7) is 0. The van der Waals surface area contributed by atoms with Crippen LogP contribution in [0.5, 0.6) is 0 Å². The first-order chi connectivity index (χ1) is 4.36. The first-order valence-corrected chi connectivity index (χ1v) is 2.72. The molecule has 0 unspecified atom stereocenters. The number of amides is 1. The van der Waals surface area contributed by atoms with E-state index in [1.807, 2.05) is 0 Å². The Hall–Kier alpha value is -1.25. The molecule has 0 aliphatic carbocycles. The normalized spacial score (nSPS) is 15.3. The van der Waals surface area contributed by atoms with Crippen molar-refractivity contribution in [3.05, 3.63) is 18.1 Å². The molecule has 1 aromatic rings. The molecule has 1 amide bonds. The van der Waals surface area contributed by atoms with Gasteiger partial charge in [0.2, 0.25) is 5.91 Å². The van der Waals surface area contributed by atoms with Crippen molar-refractivity contribution in [2.24, 2.45) is 0 Å². The van der Waals surface area contributed by atoms with E-state index in [9.17, 15) is 4.79 Å². The van der Waals surface area contributed by atoms with Gasteiger partial charge in [0.05, 0.1) is 18.4 Å². The van der Waals surface area contributed by atoms with Crippen LogP contribution in [-0.4, -0.2) is 5.91 Å². The predicted molar refractivity (Wildman–Crippen MR) is 31.0 cm³/mol. The van der Waals surface area contributed by atoms with Gasteiger partial charge in [-0.3, -0.25) is 4.79 Å². The third kappa shape index (κ3) is 0.543. The van der Waals surface area contributed by atoms with Crippen molar-refractivity contribution in [2.45, 2.75) is 6.42 Å². The minimum Gasteiger partial charge on any atom is -0.467 e. The van der Waals surface area contributed by atoms with Crippen molar-refractivity contribution in [3.8, 4) is 0 Å². The van der Waals surface area contributed by atoms with E-state index in [-0.39, 0.29) is 5.91 Å². The third-order valence-electron chi connectivity index (χ3n) is 1.34. The van der Waals surface area contributed by atoms with Gasteiger partial charge in [-0.1, -0.05) is 0 Å². The van der Waals surface area contributed by atoms with Crippen molar-refractivity contribution < 1.29 is 9.21 Å². The summed E-state index contributed by atoms with van der Waals surface area (Å²) in [7, 11) is 0. The van der Waals surface area contributed by atoms with Gasteiger partial charge in [-0.25, -0.2) is 0 Å². The first kappa shape index (κ1) is 4.61. The molecular weight excluding hydrogens is 118 g/mol. The minimum absolute atomic E-state index is 0.0179. The number of hydrogen-bond donors (Lipinski definition) is 1. The fraction of sp³-hybridized carbons (Fsp3) is 0.167. The van der Waals surface area contributed by atoms with E-state index in [2.05, 4.69) is 5.32 Å². The van der Waals surface area contributed by atoms with E-state index in [1.165, 1.54) is 0 Å². The second-order valence-electron chi connectivity index (χ2n) is 1.98. The van der Waals surface area contributed by atoms with E-state index in [1.54, 1.807) is 12.3 Å². The molecule has 0 aromatic carbocycles. The highest BCUT2D eigenvalue weighted by Crippen LogP contribution is 2.22. The van der Waals surface area contributed by atoms with Crippen molar-refractivity contribution in [3.63, 3.8) is 0 Å². The van der Waals surface area contributed by atoms with Crippen LogP contribution in [0.15, 0.2) is 16.7 Å². The Morgan fingerprint density at radius 3 is 3.33 bits per heavy atom. The quantitative estimate of drug-likeness (QED) is 0.553. The summed E-state index contributed by atoms with van der Waals surface area (Å²) >= 11 is 0. The van der Waals surface area contributed by atoms with Crippen molar-refractivity contribution >= 4 is 11.6 Å². The van der Waals surface area contributed by atoms with Crippen LogP contribution < -0.4 is 5.32 Å². The van der Waals surface area contributed by atoms with E-state index in [0.717, 1.165) is 11.4 Å². The molecule has 0 saturated heterocycles. The molecule has 2 rings (SSSR count). The summed E-state index contributed by atoms with van der Waals surface area (Å²) in [5.41, 5.74) is 0.819. The monoisotopic (exact) mass is 123 g/mol. The van der Waals surface area contributed by atoms with Crippen molar-refractivity contribution in [1.82, 2.24) is 0 Å². The highest BCUT2D eigenvalue weighted by atomic mass is 16.3. The van der Waals surface area contributed by atoms with Crippen molar-refractivity contribution in [2.75, 3.05) is 5.32 Å². The van der Waals surface area contributed by atoms with Gasteiger partial charge in [0.25, 0.3) is 0 Å². The summed E-state index contributed by atoms with van der Waals surface area (Å²) in [5, 5.41) is 2.64. The molecule has 1 aromatic heterocycles. The first-order valence-electron chi connectivity index (χ1n) is 2.72. The van der Waals surface area contributed by atoms with Crippen LogP contribution in [0, 0.1) is 0 Å². The maximum absolute atomic E-state index is 10.6. The summed E-state index contributed by atoms with van der Waals surface area (Å²) in [4.78, 5) is 10.6. The van der Waals surface area contributed by atoms with Crippen molar-refractivity contribution in [1.29, 1.82) is 0 Å². The number of furan rings is 1. The van der Waals surface area contributed by atoms with Gasteiger partial charge in [0, 0.05) is 6.07 Å². The van der Waals surface area contributed by atoms with E-state index >= 15 is 0 Å². The predicted octanol–water partition coefficient (Wildman–Crippen LogP) is 0.774. The smallest absolute Gasteiger partial charge is 0.232 e. The molecule has 46 valence electrons. The summed E-state index contributed by atoms with van der Waals surface area (Å²) < 4.78 is 4.96. The van der Waals surface area contributed by atoms with Gasteiger partial charge in [0.15, 0.2) is 0 Å². The zero-order valence-corrected chi connectivity index (χ0v) is 4.68. The third-order valence-corrected chi connectivity index (χ3v) is 1.34. The lowest BCUT2D eigenvalue weighted by Crippen LogP contribution is -2.03. The average molecular weight is 123 g/mol. The maximum atomic E-state index is 10.6. The lowest BCUT2D eigenvalue weighted by atomic mass is 10.4. The van der Waals surface area contributed by atoms with Gasteiger partial charge in [-0.15, -0.1) is 0 Å². The molecule has 2 heterocycles. The number of hydrogen-bond acceptors (Lipinski definition) is 2. The SMILES string of the molecule is O=C1Cc2occc2N1. The molecule has 1 aliphatic rings. The standard InChI is InChI=1S/C6H5NO2/c8-6-3-5-4(7-6)1-2-9-5/h1-2H,3H2,(H,7,8). The van der Waals surface area contributed by atoms with Gasteiger partial charge >= 0.3 is 0 Å². The fourth-order valence-electron chi connectivity index (χ4n) is 0.929. The molecule has 0 atom stereocenters. The molecule has 0 fully saturated rings. The Kier molecular flexibility index (Phi) is 0.704. The van der Waals surface area contributed by atoms with E-state index in [0.29, 0.717) is 6.42 Å². The molecule has 3 nitrogen and oxygen atoms in total. The number of nitrogens with one attached hydrogen (secondary N) is 1. The number of carbonyl (C=O) groups is 1. The number of fused-ring (bicyclic) bond motifs is 1. The molecule has 0 radical (unpaired) electrons. The largest absolute Gasteiger partial charge is 0.467 e.